The zero-order chi connectivity index (χ0) is 63.3. The summed E-state index contributed by atoms with van der Waals surface area (Å²) in [7, 11) is 0. The van der Waals surface area contributed by atoms with Gasteiger partial charge in [0.2, 0.25) is 23.3 Å². The second kappa shape index (κ2) is 19.6. The van der Waals surface area contributed by atoms with E-state index in [-0.39, 0.29) is 0 Å². The highest BCUT2D eigenvalue weighted by Gasteiger charge is 2.56. The molecule has 2 N–H and O–H groups in total. The van der Waals surface area contributed by atoms with Crippen LogP contribution < -0.4 is 0 Å². The summed E-state index contributed by atoms with van der Waals surface area (Å²) in [6.07, 6.45) is 1.29. The number of fused-ring (bicyclic) bond motifs is 10. The summed E-state index contributed by atoms with van der Waals surface area (Å²) < 4.78 is 322. The van der Waals surface area contributed by atoms with Crippen molar-refractivity contribution < 1.29 is 87.8 Å². The molecule has 8 aromatic carbocycles. The molecule has 0 fully saturated rings. The predicted molar refractivity (Wildman–Crippen MR) is 288 cm³/mol. The van der Waals surface area contributed by atoms with Crippen LogP contribution in [0.1, 0.15) is 68.7 Å². The number of nitrogens with zero attached hydrogens (tertiary/aromatic N) is 2. The lowest BCUT2D eigenvalue weighted by molar-refractivity contribution is 0.380. The average Bonchev–Trinajstić information content (AvgIpc) is 1.22. The van der Waals surface area contributed by atoms with Gasteiger partial charge in [-0.25, -0.2) is 92.8 Å². The molecule has 5 aliphatic rings. The minimum atomic E-state index is -2.72. The van der Waals surface area contributed by atoms with Gasteiger partial charge in [0.25, 0.3) is 0 Å². The zero-order valence-corrected chi connectivity index (χ0v) is 44.2. The van der Waals surface area contributed by atoms with E-state index in [0.717, 1.165) is 12.1 Å². The third kappa shape index (κ3) is 7.52. The Morgan fingerprint density at radius 2 is 0.467 bits per heavy atom. The first kappa shape index (κ1) is 56.3. The van der Waals surface area contributed by atoms with Gasteiger partial charge >= 0.3 is 0 Å². The Hall–Kier alpha value is -10.3. The Morgan fingerprint density at radius 3 is 0.722 bits per heavy atom. The number of benzene rings is 8. The van der Waals surface area contributed by atoms with Gasteiger partial charge in [-0.05, 0) is 80.2 Å². The van der Waals surface area contributed by atoms with E-state index in [4.69, 9.17) is 4.98 Å². The van der Waals surface area contributed by atoms with Gasteiger partial charge in [0.15, 0.2) is 93.1 Å². The molecule has 16 rings (SSSR count). The summed E-state index contributed by atoms with van der Waals surface area (Å²) in [6, 6.07) is 23.1. The lowest BCUT2D eigenvalue weighted by atomic mass is 9.52. The quantitative estimate of drug-likeness (QED) is 0.105. The molecule has 3 aliphatic carbocycles. The highest BCUT2D eigenvalue weighted by molar-refractivity contribution is 5.99. The monoisotopic (exact) mass is 1250 g/mol. The maximum atomic E-state index is 17.2. The van der Waals surface area contributed by atoms with Crippen LogP contribution in [0.3, 0.4) is 0 Å². The molecule has 2 atom stereocenters. The number of nitrogens with one attached hydrogen (secondary N) is 2. The fraction of sp³-hybridized carbons (Fsp3) is 0.0606. The van der Waals surface area contributed by atoms with Crippen LogP contribution in [0.25, 0.3) is 100 Å². The molecule has 0 spiro atoms. The van der Waals surface area contributed by atoms with Crippen LogP contribution in [0.5, 0.6) is 0 Å². The topological polar surface area (TPSA) is 57.4 Å². The number of rotatable bonds is 4. The van der Waals surface area contributed by atoms with Crippen molar-refractivity contribution in [1.82, 2.24) is 19.9 Å². The second-order valence-corrected chi connectivity index (χ2v) is 21.6. The van der Waals surface area contributed by atoms with Crippen LogP contribution in [-0.2, 0) is 0 Å². The van der Waals surface area contributed by atoms with Gasteiger partial charge in [0, 0.05) is 68.0 Å². The normalized spacial score (nSPS) is 16.4. The van der Waals surface area contributed by atoms with Gasteiger partial charge in [-0.15, -0.1) is 0 Å². The van der Waals surface area contributed by atoms with E-state index in [1.165, 1.54) is 0 Å². The average molecular weight is 1250 g/mol. The molecule has 90 heavy (non-hydrogen) atoms. The maximum absolute atomic E-state index is 17.2. The standard InChI is InChI=1S/C66H24F20N4/c67-45-41(46(68)54(76)61(83)53(45)75)35-27-9-10-28(87-27)36(42-47(69)55(77)62(84)56(78)48(42)70)30-12-14-32(89-30)38(44-51(73)59(81)64(86)60(82)52(44)74)66-40-34-24-16-20-6-2-1-5-19(20)15-23(24)33(25-17-21-7-3-4-8-22(21)18-26(25)34)39(40)65(90-66)37(31-13-11-29(35)88-31)43-49(71)57(79)63(85)58(80)50(43)72/h1-18,33-34,39-40,88-89H/t33?,34?,39-,40+. The van der Waals surface area contributed by atoms with Crippen molar-refractivity contribution in [3.63, 3.8) is 0 Å². The summed E-state index contributed by atoms with van der Waals surface area (Å²) in [4.78, 5) is 13.9. The van der Waals surface area contributed by atoms with E-state index in [2.05, 4.69) is 15.0 Å². The van der Waals surface area contributed by atoms with Gasteiger partial charge in [0.05, 0.1) is 45.0 Å². The van der Waals surface area contributed by atoms with Crippen molar-refractivity contribution in [1.29, 1.82) is 0 Å². The summed E-state index contributed by atoms with van der Waals surface area (Å²) in [6.45, 7) is 0. The molecular weight excluding hydrogens is 1230 g/mol. The number of aromatic nitrogens is 4. The predicted octanol–water partition coefficient (Wildman–Crippen LogP) is 19.4. The van der Waals surface area contributed by atoms with E-state index >= 15 is 79.0 Å². The molecule has 2 aliphatic heterocycles. The summed E-state index contributed by atoms with van der Waals surface area (Å²) in [5.74, 6) is -58.6. The minimum Gasteiger partial charge on any atom is -0.354 e. The number of hydrogen-bond acceptors (Lipinski definition) is 2. The Kier molecular flexibility index (Phi) is 12.3. The van der Waals surface area contributed by atoms with E-state index in [0.29, 0.717) is 68.1 Å². The number of aromatic amines is 2. The molecule has 0 unspecified atom stereocenters. The van der Waals surface area contributed by atoms with Crippen LogP contribution in [0, 0.1) is 116 Å². The van der Waals surface area contributed by atoms with Crippen LogP contribution >= 0.6 is 0 Å². The molecule has 3 aromatic heterocycles. The Balaban J connectivity index is 1.24. The van der Waals surface area contributed by atoms with Gasteiger partial charge < -0.3 is 9.97 Å². The molecule has 448 valence electrons. The fourth-order valence-electron chi connectivity index (χ4n) is 13.4. The van der Waals surface area contributed by atoms with Gasteiger partial charge in [-0.1, -0.05) is 72.8 Å². The number of hydrogen-bond donors (Lipinski definition) is 2. The van der Waals surface area contributed by atoms with Crippen molar-refractivity contribution in [2.75, 3.05) is 0 Å². The van der Waals surface area contributed by atoms with E-state index in [9.17, 15) is 8.78 Å². The summed E-state index contributed by atoms with van der Waals surface area (Å²) >= 11 is 0. The molecule has 10 bridgehead atoms. The van der Waals surface area contributed by atoms with Crippen molar-refractivity contribution in [2.45, 2.75) is 23.7 Å². The molecule has 24 heteroatoms. The Morgan fingerprint density at radius 1 is 0.244 bits per heavy atom. The molecule has 0 radical (unpaired) electrons. The lowest BCUT2D eigenvalue weighted by Gasteiger charge is -2.49. The van der Waals surface area contributed by atoms with Crippen molar-refractivity contribution >= 4 is 55.8 Å². The second-order valence-electron chi connectivity index (χ2n) is 21.6. The highest BCUT2D eigenvalue weighted by Crippen LogP contribution is 2.69. The Labute approximate surface area is 488 Å². The molecule has 0 amide bonds. The minimum absolute atomic E-state index is 0.369. The van der Waals surface area contributed by atoms with Crippen LogP contribution in [-0.4, -0.2) is 19.9 Å². The Bertz CT molecular complexity index is 4850. The van der Waals surface area contributed by atoms with Gasteiger partial charge in [-0.3, -0.25) is 4.98 Å². The number of H-pyrrole nitrogens is 2. The molecule has 0 saturated carbocycles. The van der Waals surface area contributed by atoms with E-state index in [1.54, 1.807) is 72.8 Å². The van der Waals surface area contributed by atoms with E-state index in [1.807, 2.05) is 0 Å². The van der Waals surface area contributed by atoms with Gasteiger partial charge in [0.1, 0.15) is 0 Å². The molecule has 11 aromatic rings. The number of halogens is 20. The molecule has 0 saturated heterocycles. The van der Waals surface area contributed by atoms with Crippen LogP contribution in [0.4, 0.5) is 87.8 Å². The molecule has 5 heterocycles. The van der Waals surface area contributed by atoms with Crippen LogP contribution in [0.2, 0.25) is 0 Å². The van der Waals surface area contributed by atoms with Crippen molar-refractivity contribution in [2.24, 2.45) is 0 Å². The SMILES string of the molecule is Fc1c(F)c(F)c(-c2c3nc(c(-c4c(F)c(F)c(F)c(F)c4F)c4ccc([nH]4)c(-c4c(F)c(F)c(F)c(F)c4F)c4nc(c(-c5c(F)c(F)c(F)c(F)c5F)c5ccc2[nH]5)[C@@H]2C5c6cc7ccccc7cc6C(c6cc7ccccc7cc65)[C@H]42)C=C3)c(F)c1F. The smallest absolute Gasteiger partial charge is 0.200 e. The molecule has 4 nitrogen and oxygen atoms in total. The lowest BCUT2D eigenvalue weighted by Crippen LogP contribution is -2.35. The third-order valence-electron chi connectivity index (χ3n) is 17.2. The largest absolute Gasteiger partial charge is 0.354 e. The van der Waals surface area contributed by atoms with Crippen LogP contribution in [0.15, 0.2) is 97.1 Å². The molecular formula is C66H24F20N4. The van der Waals surface area contributed by atoms with Crippen molar-refractivity contribution in [3.8, 4) is 44.5 Å². The van der Waals surface area contributed by atoms with Gasteiger partial charge in [-0.2, -0.15) is 0 Å². The highest BCUT2D eigenvalue weighted by atomic mass is 19.2. The first-order valence-electron chi connectivity index (χ1n) is 26.6. The first-order chi connectivity index (χ1) is 43.0. The third-order valence-corrected chi connectivity index (χ3v) is 17.2. The zero-order valence-electron chi connectivity index (χ0n) is 44.2. The summed E-state index contributed by atoms with van der Waals surface area (Å²) in [5, 5.41) is 2.17. The van der Waals surface area contributed by atoms with Crippen molar-refractivity contribution in [3.05, 3.63) is 258 Å². The van der Waals surface area contributed by atoms with E-state index < -0.39 is 229 Å². The fourth-order valence-corrected chi connectivity index (χ4v) is 13.4. The first-order valence-corrected chi connectivity index (χ1v) is 26.6. The summed E-state index contributed by atoms with van der Waals surface area (Å²) in [5.41, 5.74) is -18.2. The maximum Gasteiger partial charge on any atom is 0.200 e.